The van der Waals surface area contributed by atoms with Crippen LogP contribution in [0.5, 0.6) is 0 Å². The first-order valence-electron chi connectivity index (χ1n) is 11.3. The Bertz CT molecular complexity index is 1230. The average Bonchev–Trinajstić information content (AvgIpc) is 2.90. The Hall–Kier alpha value is -3.73. The smallest absolute Gasteiger partial charge is 0.244 e. The zero-order valence-corrected chi connectivity index (χ0v) is 19.6. The Morgan fingerprint density at radius 1 is 1.03 bits per heavy atom. The molecular formula is C28H29N3O2. The number of fused-ring (bicyclic) bond motifs is 1. The number of hydrogen-bond acceptors (Lipinski definition) is 3. The van der Waals surface area contributed by atoms with E-state index in [4.69, 9.17) is 4.99 Å². The summed E-state index contributed by atoms with van der Waals surface area (Å²) in [5, 5.41) is 2.92. The molecule has 1 aliphatic heterocycles. The number of aryl methyl sites for hydroxylation is 2. The van der Waals surface area contributed by atoms with Gasteiger partial charge in [-0.25, -0.2) is 0 Å². The molecule has 168 valence electrons. The molecular weight excluding hydrogens is 410 g/mol. The lowest BCUT2D eigenvalue weighted by Crippen LogP contribution is -2.38. The monoisotopic (exact) mass is 439 g/mol. The topological polar surface area (TPSA) is 61.8 Å². The van der Waals surface area contributed by atoms with Crippen LogP contribution in [0.3, 0.4) is 0 Å². The lowest BCUT2D eigenvalue weighted by molar-refractivity contribution is -0.120. The highest BCUT2D eigenvalue weighted by molar-refractivity contribution is 6.19. The van der Waals surface area contributed by atoms with Crippen LogP contribution in [-0.2, 0) is 9.59 Å². The predicted molar refractivity (Wildman–Crippen MR) is 135 cm³/mol. The molecule has 5 nitrogen and oxygen atoms in total. The number of carbonyl (C=O) groups excluding carboxylic acids is 2. The molecule has 1 aliphatic rings. The first-order chi connectivity index (χ1) is 15.8. The van der Waals surface area contributed by atoms with Crippen molar-refractivity contribution in [1.82, 2.24) is 0 Å². The van der Waals surface area contributed by atoms with Gasteiger partial charge in [-0.15, -0.1) is 0 Å². The summed E-state index contributed by atoms with van der Waals surface area (Å²) in [6.45, 7) is 8.26. The van der Waals surface area contributed by atoms with Gasteiger partial charge in [-0.05, 0) is 60.7 Å². The predicted octanol–water partition coefficient (Wildman–Crippen LogP) is 5.92. The summed E-state index contributed by atoms with van der Waals surface area (Å²) < 4.78 is 0. The van der Waals surface area contributed by atoms with Gasteiger partial charge in [0.2, 0.25) is 11.8 Å². The number of benzene rings is 3. The molecule has 0 unspecified atom stereocenters. The number of anilines is 2. The largest absolute Gasteiger partial charge is 0.325 e. The van der Waals surface area contributed by atoms with Crippen LogP contribution in [0.15, 0.2) is 71.7 Å². The van der Waals surface area contributed by atoms with Gasteiger partial charge >= 0.3 is 0 Å². The molecule has 0 saturated carbocycles. The van der Waals surface area contributed by atoms with Crippen LogP contribution in [0.25, 0.3) is 0 Å². The molecule has 1 heterocycles. The zero-order valence-electron chi connectivity index (χ0n) is 19.6. The first kappa shape index (κ1) is 22.5. The van der Waals surface area contributed by atoms with Crippen molar-refractivity contribution in [1.29, 1.82) is 0 Å². The molecule has 0 aromatic heterocycles. The van der Waals surface area contributed by atoms with Crippen molar-refractivity contribution < 1.29 is 9.59 Å². The number of nitrogens with one attached hydrogen (secondary N) is 1. The lowest BCUT2D eigenvalue weighted by Gasteiger charge is -2.22. The summed E-state index contributed by atoms with van der Waals surface area (Å²) in [5.41, 5.74) is 7.18. The van der Waals surface area contributed by atoms with Crippen LogP contribution >= 0.6 is 0 Å². The fourth-order valence-electron chi connectivity index (χ4n) is 4.11. The molecule has 0 bridgehead atoms. The quantitative estimate of drug-likeness (QED) is 0.536. The fourth-order valence-corrected chi connectivity index (χ4v) is 4.11. The summed E-state index contributed by atoms with van der Waals surface area (Å²) in [7, 11) is 0. The minimum Gasteiger partial charge on any atom is -0.325 e. The first-order valence-corrected chi connectivity index (χ1v) is 11.3. The van der Waals surface area contributed by atoms with Crippen molar-refractivity contribution in [2.24, 2.45) is 4.99 Å². The van der Waals surface area contributed by atoms with E-state index >= 15 is 0 Å². The van der Waals surface area contributed by atoms with E-state index in [0.29, 0.717) is 23.0 Å². The van der Waals surface area contributed by atoms with E-state index in [0.717, 1.165) is 22.4 Å². The second-order valence-corrected chi connectivity index (χ2v) is 8.85. The molecule has 3 aromatic rings. The third kappa shape index (κ3) is 5.03. The Morgan fingerprint density at radius 3 is 2.45 bits per heavy atom. The number of rotatable bonds is 5. The Balaban J connectivity index is 1.58. The highest BCUT2D eigenvalue weighted by Crippen LogP contribution is 2.33. The van der Waals surface area contributed by atoms with Crippen molar-refractivity contribution in [3.05, 3.63) is 89.0 Å². The van der Waals surface area contributed by atoms with Gasteiger partial charge < -0.3 is 10.2 Å². The molecule has 0 aliphatic carbocycles. The summed E-state index contributed by atoms with van der Waals surface area (Å²) >= 11 is 0. The van der Waals surface area contributed by atoms with Gasteiger partial charge in [-0.1, -0.05) is 61.9 Å². The van der Waals surface area contributed by atoms with Crippen LogP contribution in [0.1, 0.15) is 48.4 Å². The van der Waals surface area contributed by atoms with E-state index in [9.17, 15) is 9.59 Å². The van der Waals surface area contributed by atoms with E-state index in [2.05, 4.69) is 25.2 Å². The van der Waals surface area contributed by atoms with Gasteiger partial charge in [0, 0.05) is 5.69 Å². The third-order valence-electron chi connectivity index (χ3n) is 5.90. The maximum atomic E-state index is 13.3. The standard InChI is InChI=1S/C28H29N3O2/c1-18(2)21-10-12-22(13-11-21)29-27(32)17-31-26-8-6-5-7-24(26)30-25(16-28(31)33)23-14-9-19(3)15-20(23)4/h5-15,18H,16-17H2,1-4H3,(H,29,32). The number of hydrogen-bond donors (Lipinski definition) is 1. The summed E-state index contributed by atoms with van der Waals surface area (Å²) in [6, 6.07) is 21.4. The van der Waals surface area contributed by atoms with Crippen molar-refractivity contribution in [2.75, 3.05) is 16.8 Å². The van der Waals surface area contributed by atoms with Gasteiger partial charge in [0.25, 0.3) is 0 Å². The van der Waals surface area contributed by atoms with Gasteiger partial charge in [0.05, 0.1) is 23.5 Å². The molecule has 3 aromatic carbocycles. The minimum atomic E-state index is -0.245. The highest BCUT2D eigenvalue weighted by atomic mass is 16.2. The van der Waals surface area contributed by atoms with Crippen LogP contribution in [0.2, 0.25) is 0 Å². The van der Waals surface area contributed by atoms with E-state index < -0.39 is 0 Å². The van der Waals surface area contributed by atoms with Gasteiger partial charge in [0.1, 0.15) is 6.54 Å². The van der Waals surface area contributed by atoms with Crippen LogP contribution in [0, 0.1) is 13.8 Å². The second-order valence-electron chi connectivity index (χ2n) is 8.85. The maximum Gasteiger partial charge on any atom is 0.244 e. The maximum absolute atomic E-state index is 13.3. The molecule has 0 saturated heterocycles. The van der Waals surface area contributed by atoms with E-state index in [-0.39, 0.29) is 24.8 Å². The third-order valence-corrected chi connectivity index (χ3v) is 5.90. The van der Waals surface area contributed by atoms with Crippen LogP contribution in [-0.4, -0.2) is 24.1 Å². The number of para-hydroxylation sites is 2. The Labute approximate surface area is 195 Å². The van der Waals surface area contributed by atoms with Crippen LogP contribution in [0.4, 0.5) is 17.1 Å². The number of carbonyl (C=O) groups is 2. The van der Waals surface area contributed by atoms with Gasteiger partial charge in [-0.3, -0.25) is 14.6 Å². The summed E-state index contributed by atoms with van der Waals surface area (Å²) in [4.78, 5) is 32.6. The SMILES string of the molecule is Cc1ccc(C2=Nc3ccccc3N(CC(=O)Nc3ccc(C(C)C)cc3)C(=O)C2)c(C)c1. The highest BCUT2D eigenvalue weighted by Gasteiger charge is 2.27. The normalized spacial score (nSPS) is 13.4. The van der Waals surface area contributed by atoms with Crippen LogP contribution < -0.4 is 10.2 Å². The molecule has 0 fully saturated rings. The van der Waals surface area contributed by atoms with Crippen molar-refractivity contribution in [3.63, 3.8) is 0 Å². The van der Waals surface area contributed by atoms with Crippen molar-refractivity contribution >= 4 is 34.6 Å². The molecule has 0 radical (unpaired) electrons. The van der Waals surface area contributed by atoms with E-state index in [1.807, 2.05) is 74.5 Å². The molecule has 0 atom stereocenters. The second kappa shape index (κ2) is 9.41. The zero-order chi connectivity index (χ0) is 23.5. The molecule has 33 heavy (non-hydrogen) atoms. The van der Waals surface area contributed by atoms with E-state index in [1.54, 1.807) is 0 Å². The van der Waals surface area contributed by atoms with Gasteiger partial charge in [-0.2, -0.15) is 0 Å². The fraction of sp³-hybridized carbons (Fsp3) is 0.250. The number of amides is 2. The number of nitrogens with zero attached hydrogens (tertiary/aromatic N) is 2. The Morgan fingerprint density at radius 2 is 1.76 bits per heavy atom. The average molecular weight is 440 g/mol. The molecule has 5 heteroatoms. The minimum absolute atomic E-state index is 0.0720. The summed E-state index contributed by atoms with van der Waals surface area (Å²) in [6.07, 6.45) is 0.134. The number of aliphatic imine (C=N–C) groups is 1. The molecule has 0 spiro atoms. The molecule has 2 amide bonds. The lowest BCUT2D eigenvalue weighted by atomic mass is 9.99. The van der Waals surface area contributed by atoms with Crippen molar-refractivity contribution in [3.8, 4) is 0 Å². The summed E-state index contributed by atoms with van der Waals surface area (Å²) in [5.74, 6) is 0.0294. The molecule has 1 N–H and O–H groups in total. The van der Waals surface area contributed by atoms with Crippen molar-refractivity contribution in [2.45, 2.75) is 40.0 Å². The Kier molecular flexibility index (Phi) is 6.40. The van der Waals surface area contributed by atoms with Gasteiger partial charge in [0.15, 0.2) is 0 Å². The van der Waals surface area contributed by atoms with E-state index in [1.165, 1.54) is 10.5 Å². The molecule has 4 rings (SSSR count).